The molecule has 90 valence electrons. The normalized spacial score (nSPS) is 24.0. The minimum Gasteiger partial charge on any atom is -0.342 e. The van der Waals surface area contributed by atoms with Crippen molar-refractivity contribution in [2.24, 2.45) is 11.8 Å². The number of likely N-dealkylation sites (tertiary alicyclic amines) is 1. The van der Waals surface area contributed by atoms with E-state index in [4.69, 9.17) is 0 Å². The van der Waals surface area contributed by atoms with Gasteiger partial charge in [0.25, 0.3) is 0 Å². The minimum absolute atomic E-state index is 0.380. The van der Waals surface area contributed by atoms with Crippen molar-refractivity contribution < 1.29 is 4.79 Å². The Morgan fingerprint density at radius 3 is 2.65 bits per heavy atom. The van der Waals surface area contributed by atoms with Crippen LogP contribution in [0, 0.1) is 11.8 Å². The summed E-state index contributed by atoms with van der Waals surface area (Å²) < 4.78 is 0. The number of carbonyl (C=O) groups is 1. The van der Waals surface area contributed by atoms with Crippen LogP contribution in [0.15, 0.2) is 30.3 Å². The van der Waals surface area contributed by atoms with E-state index in [-0.39, 0.29) is 0 Å². The van der Waals surface area contributed by atoms with Crippen LogP contribution < -0.4 is 0 Å². The second-order valence-corrected chi connectivity index (χ2v) is 5.40. The summed E-state index contributed by atoms with van der Waals surface area (Å²) in [7, 11) is 0. The highest BCUT2D eigenvalue weighted by atomic mass is 16.2. The van der Waals surface area contributed by atoms with Crippen LogP contribution in [-0.4, -0.2) is 23.9 Å². The third-order valence-electron chi connectivity index (χ3n) is 3.89. The molecule has 2 nitrogen and oxygen atoms in total. The summed E-state index contributed by atoms with van der Waals surface area (Å²) >= 11 is 0. The Kier molecular flexibility index (Phi) is 2.87. The summed E-state index contributed by atoms with van der Waals surface area (Å²) in [4.78, 5) is 14.0. The van der Waals surface area contributed by atoms with Gasteiger partial charge in [0.05, 0.1) is 0 Å². The van der Waals surface area contributed by atoms with Gasteiger partial charge in [-0.1, -0.05) is 30.3 Å². The van der Waals surface area contributed by atoms with Crippen LogP contribution in [0.1, 0.15) is 24.8 Å². The summed E-state index contributed by atoms with van der Waals surface area (Å²) in [5.74, 6) is 1.46. The maximum absolute atomic E-state index is 11.9. The number of amides is 1. The van der Waals surface area contributed by atoms with Crippen LogP contribution in [0.4, 0.5) is 0 Å². The lowest BCUT2D eigenvalue weighted by atomic mass is 9.99. The van der Waals surface area contributed by atoms with E-state index in [1.54, 1.807) is 0 Å². The Labute approximate surface area is 103 Å². The fourth-order valence-electron chi connectivity index (χ4n) is 2.74. The van der Waals surface area contributed by atoms with Gasteiger partial charge in [0.1, 0.15) is 0 Å². The quantitative estimate of drug-likeness (QED) is 0.779. The number of hydrogen-bond donors (Lipinski definition) is 0. The molecule has 1 saturated heterocycles. The van der Waals surface area contributed by atoms with E-state index in [9.17, 15) is 4.79 Å². The van der Waals surface area contributed by atoms with Gasteiger partial charge in [0, 0.05) is 19.0 Å². The van der Waals surface area contributed by atoms with Crippen molar-refractivity contribution in [3.05, 3.63) is 35.9 Å². The standard InChI is InChI=1S/C15H19NO/c17-15(14-6-7-14)16-9-8-13(11-16)10-12-4-2-1-3-5-12/h1-5,13-14H,6-11H2. The summed E-state index contributed by atoms with van der Waals surface area (Å²) in [5.41, 5.74) is 1.40. The number of nitrogens with zero attached hydrogens (tertiary/aromatic N) is 1. The average molecular weight is 229 g/mol. The Morgan fingerprint density at radius 1 is 1.18 bits per heavy atom. The summed E-state index contributed by atoms with van der Waals surface area (Å²) in [6, 6.07) is 10.6. The van der Waals surface area contributed by atoms with Gasteiger partial charge in [-0.25, -0.2) is 0 Å². The highest BCUT2D eigenvalue weighted by Crippen LogP contribution is 2.33. The zero-order valence-electron chi connectivity index (χ0n) is 10.1. The predicted molar refractivity (Wildman–Crippen MR) is 67.6 cm³/mol. The first-order chi connectivity index (χ1) is 8.33. The molecule has 1 saturated carbocycles. The van der Waals surface area contributed by atoms with Crippen molar-refractivity contribution >= 4 is 5.91 Å². The van der Waals surface area contributed by atoms with Crippen molar-refractivity contribution in [3.63, 3.8) is 0 Å². The Morgan fingerprint density at radius 2 is 1.94 bits per heavy atom. The molecule has 0 radical (unpaired) electrons. The zero-order chi connectivity index (χ0) is 11.7. The molecule has 1 amide bonds. The van der Waals surface area contributed by atoms with Crippen LogP contribution in [0.25, 0.3) is 0 Å². The molecule has 0 N–H and O–H groups in total. The molecule has 0 bridgehead atoms. The third kappa shape index (κ3) is 2.51. The molecule has 1 aromatic rings. The van der Waals surface area contributed by atoms with Crippen LogP contribution in [-0.2, 0) is 11.2 Å². The van der Waals surface area contributed by atoms with E-state index in [1.807, 2.05) is 0 Å². The Hall–Kier alpha value is -1.31. The first kappa shape index (κ1) is 10.8. The molecule has 2 aliphatic rings. The zero-order valence-corrected chi connectivity index (χ0v) is 10.1. The first-order valence-corrected chi connectivity index (χ1v) is 6.65. The molecule has 1 aliphatic carbocycles. The largest absolute Gasteiger partial charge is 0.342 e. The van der Waals surface area contributed by atoms with Gasteiger partial charge in [0.2, 0.25) is 5.91 Å². The van der Waals surface area contributed by atoms with Gasteiger partial charge in [-0.05, 0) is 37.2 Å². The molecule has 0 aromatic heterocycles. The van der Waals surface area contributed by atoms with Crippen LogP contribution in [0.2, 0.25) is 0 Å². The molecule has 1 atom stereocenters. The topological polar surface area (TPSA) is 20.3 Å². The highest BCUT2D eigenvalue weighted by Gasteiger charge is 2.36. The predicted octanol–water partition coefficient (Wildman–Crippen LogP) is 2.49. The molecular formula is C15H19NO. The second-order valence-electron chi connectivity index (χ2n) is 5.40. The smallest absolute Gasteiger partial charge is 0.225 e. The first-order valence-electron chi connectivity index (χ1n) is 6.65. The second kappa shape index (κ2) is 4.52. The van der Waals surface area contributed by atoms with Crippen molar-refractivity contribution in [2.75, 3.05) is 13.1 Å². The van der Waals surface area contributed by atoms with E-state index < -0.39 is 0 Å². The van der Waals surface area contributed by atoms with Crippen LogP contribution >= 0.6 is 0 Å². The van der Waals surface area contributed by atoms with E-state index in [0.29, 0.717) is 17.7 Å². The maximum atomic E-state index is 11.9. The fourth-order valence-corrected chi connectivity index (χ4v) is 2.74. The molecule has 17 heavy (non-hydrogen) atoms. The van der Waals surface area contributed by atoms with Crippen molar-refractivity contribution in [3.8, 4) is 0 Å². The fraction of sp³-hybridized carbons (Fsp3) is 0.533. The number of benzene rings is 1. The minimum atomic E-state index is 0.380. The third-order valence-corrected chi connectivity index (χ3v) is 3.89. The van der Waals surface area contributed by atoms with E-state index in [1.165, 1.54) is 12.0 Å². The lowest BCUT2D eigenvalue weighted by molar-refractivity contribution is -0.131. The van der Waals surface area contributed by atoms with E-state index >= 15 is 0 Å². The van der Waals surface area contributed by atoms with Gasteiger partial charge in [-0.3, -0.25) is 4.79 Å². The van der Waals surface area contributed by atoms with Crippen molar-refractivity contribution in [1.82, 2.24) is 4.90 Å². The molecular weight excluding hydrogens is 210 g/mol. The van der Waals surface area contributed by atoms with Crippen LogP contribution in [0.3, 0.4) is 0 Å². The maximum Gasteiger partial charge on any atom is 0.225 e. The monoisotopic (exact) mass is 229 g/mol. The number of hydrogen-bond acceptors (Lipinski definition) is 1. The molecule has 1 unspecified atom stereocenters. The summed E-state index contributed by atoms with van der Waals surface area (Å²) in [6.07, 6.45) is 4.54. The van der Waals surface area contributed by atoms with Gasteiger partial charge < -0.3 is 4.90 Å². The van der Waals surface area contributed by atoms with Crippen molar-refractivity contribution in [1.29, 1.82) is 0 Å². The summed E-state index contributed by atoms with van der Waals surface area (Å²) in [6.45, 7) is 1.96. The molecule has 2 heteroatoms. The van der Waals surface area contributed by atoms with E-state index in [0.717, 1.165) is 32.4 Å². The lowest BCUT2D eigenvalue weighted by Gasteiger charge is -2.16. The molecule has 1 heterocycles. The molecule has 3 rings (SSSR count). The average Bonchev–Trinajstić information content (AvgIpc) is 3.11. The summed E-state index contributed by atoms with van der Waals surface area (Å²) in [5, 5.41) is 0. The van der Waals surface area contributed by atoms with Gasteiger partial charge in [-0.15, -0.1) is 0 Å². The Bertz CT molecular complexity index is 397. The van der Waals surface area contributed by atoms with Gasteiger partial charge in [-0.2, -0.15) is 0 Å². The number of carbonyl (C=O) groups excluding carboxylic acids is 1. The van der Waals surface area contributed by atoms with E-state index in [2.05, 4.69) is 35.2 Å². The molecule has 0 spiro atoms. The van der Waals surface area contributed by atoms with Crippen molar-refractivity contribution in [2.45, 2.75) is 25.7 Å². The lowest BCUT2D eigenvalue weighted by Crippen LogP contribution is -2.30. The molecule has 2 fully saturated rings. The van der Waals surface area contributed by atoms with Gasteiger partial charge >= 0.3 is 0 Å². The van der Waals surface area contributed by atoms with Gasteiger partial charge in [0.15, 0.2) is 0 Å². The number of rotatable bonds is 3. The molecule has 1 aliphatic heterocycles. The molecule has 1 aromatic carbocycles. The highest BCUT2D eigenvalue weighted by molar-refractivity contribution is 5.81. The Balaban J connectivity index is 1.55. The van der Waals surface area contributed by atoms with Crippen LogP contribution in [0.5, 0.6) is 0 Å². The SMILES string of the molecule is O=C(C1CC1)N1CCC(Cc2ccccc2)C1.